The summed E-state index contributed by atoms with van der Waals surface area (Å²) in [6.45, 7) is 4.04. The number of methoxy groups -OCH3 is 1. The highest BCUT2D eigenvalue weighted by Crippen LogP contribution is 2.29. The third-order valence-electron chi connectivity index (χ3n) is 5.04. The first kappa shape index (κ1) is 21.3. The van der Waals surface area contributed by atoms with Gasteiger partial charge in [-0.15, -0.1) is 11.3 Å². The van der Waals surface area contributed by atoms with Gasteiger partial charge in [-0.2, -0.15) is 0 Å². The Morgan fingerprint density at radius 2 is 1.94 bits per heavy atom. The molecule has 4 rings (SSSR count). The summed E-state index contributed by atoms with van der Waals surface area (Å²) in [6, 6.07) is 15.4. The molecule has 5 nitrogen and oxygen atoms in total. The Kier molecular flexibility index (Phi) is 6.25. The maximum Gasteiger partial charge on any atom is 0.272 e. The monoisotopic (exact) mass is 450 g/mol. The van der Waals surface area contributed by atoms with Gasteiger partial charge in [0.1, 0.15) is 10.4 Å². The SMILES string of the molecule is COc1ccc(C(C)=O)cc1CSc1nc2ccsc2c(=O)n1Cc1ccc(C)cc1. The Labute approximate surface area is 188 Å². The van der Waals surface area contributed by atoms with Gasteiger partial charge in [-0.25, -0.2) is 4.98 Å². The predicted molar refractivity (Wildman–Crippen MR) is 127 cm³/mol. The van der Waals surface area contributed by atoms with E-state index in [1.165, 1.54) is 28.7 Å². The quantitative estimate of drug-likeness (QED) is 0.217. The van der Waals surface area contributed by atoms with E-state index in [-0.39, 0.29) is 11.3 Å². The van der Waals surface area contributed by atoms with Crippen LogP contribution in [0.15, 0.2) is 63.9 Å². The van der Waals surface area contributed by atoms with Crippen molar-refractivity contribution in [2.45, 2.75) is 31.3 Å². The molecule has 0 aliphatic rings. The number of ketones is 1. The fraction of sp³-hybridized carbons (Fsp3) is 0.208. The average molecular weight is 451 g/mol. The molecular weight excluding hydrogens is 428 g/mol. The molecule has 2 heterocycles. The molecule has 7 heteroatoms. The summed E-state index contributed by atoms with van der Waals surface area (Å²) in [5.74, 6) is 1.24. The number of carbonyl (C=O) groups is 1. The lowest BCUT2D eigenvalue weighted by Gasteiger charge is -2.14. The molecule has 31 heavy (non-hydrogen) atoms. The van der Waals surface area contributed by atoms with Crippen molar-refractivity contribution in [3.8, 4) is 5.75 Å². The summed E-state index contributed by atoms with van der Waals surface area (Å²) >= 11 is 2.88. The number of rotatable bonds is 7. The van der Waals surface area contributed by atoms with Gasteiger partial charge in [0, 0.05) is 16.9 Å². The first-order valence-corrected chi connectivity index (χ1v) is 11.7. The molecule has 0 aliphatic heterocycles. The van der Waals surface area contributed by atoms with Crippen LogP contribution in [0.3, 0.4) is 0 Å². The Morgan fingerprint density at radius 3 is 2.65 bits per heavy atom. The Hall–Kier alpha value is -2.90. The maximum atomic E-state index is 13.2. The summed E-state index contributed by atoms with van der Waals surface area (Å²) in [6.07, 6.45) is 0. The Bertz CT molecular complexity index is 1310. The molecule has 0 fully saturated rings. The highest BCUT2D eigenvalue weighted by atomic mass is 32.2. The highest BCUT2D eigenvalue weighted by molar-refractivity contribution is 7.98. The number of fused-ring (bicyclic) bond motifs is 1. The number of nitrogens with zero attached hydrogens (tertiary/aromatic N) is 2. The van der Waals surface area contributed by atoms with Crippen LogP contribution in [0.5, 0.6) is 5.75 Å². The number of thioether (sulfide) groups is 1. The number of benzene rings is 2. The topological polar surface area (TPSA) is 61.2 Å². The molecule has 0 saturated heterocycles. The number of aromatic nitrogens is 2. The molecule has 2 aromatic heterocycles. The van der Waals surface area contributed by atoms with Crippen LogP contribution in [0.25, 0.3) is 10.2 Å². The van der Waals surface area contributed by atoms with E-state index in [1.807, 2.05) is 54.8 Å². The first-order valence-electron chi connectivity index (χ1n) is 9.80. The van der Waals surface area contributed by atoms with Crippen molar-refractivity contribution in [3.63, 3.8) is 0 Å². The van der Waals surface area contributed by atoms with Crippen LogP contribution >= 0.6 is 23.1 Å². The summed E-state index contributed by atoms with van der Waals surface area (Å²) in [5.41, 5.74) is 4.42. The molecule has 0 radical (unpaired) electrons. The first-order chi connectivity index (χ1) is 15.0. The fourth-order valence-corrected chi connectivity index (χ4v) is 5.06. The molecule has 0 spiro atoms. The molecule has 0 bridgehead atoms. The third kappa shape index (κ3) is 4.57. The largest absolute Gasteiger partial charge is 0.496 e. The minimum Gasteiger partial charge on any atom is -0.496 e. The predicted octanol–water partition coefficient (Wildman–Crippen LogP) is 5.32. The van der Waals surface area contributed by atoms with Gasteiger partial charge in [-0.05, 0) is 49.1 Å². The van der Waals surface area contributed by atoms with Crippen LogP contribution in [0.4, 0.5) is 0 Å². The molecule has 0 amide bonds. The summed E-state index contributed by atoms with van der Waals surface area (Å²) in [7, 11) is 1.61. The average Bonchev–Trinajstić information content (AvgIpc) is 3.24. The molecule has 0 atom stereocenters. The Morgan fingerprint density at radius 1 is 1.16 bits per heavy atom. The van der Waals surface area contributed by atoms with Crippen molar-refractivity contribution in [3.05, 3.63) is 86.5 Å². The minimum atomic E-state index is -0.0347. The minimum absolute atomic E-state index is 0.00278. The van der Waals surface area contributed by atoms with Gasteiger partial charge >= 0.3 is 0 Å². The van der Waals surface area contributed by atoms with Gasteiger partial charge < -0.3 is 4.74 Å². The van der Waals surface area contributed by atoms with Gasteiger partial charge in [-0.3, -0.25) is 14.2 Å². The van der Waals surface area contributed by atoms with E-state index in [4.69, 9.17) is 9.72 Å². The second-order valence-corrected chi connectivity index (χ2v) is 9.14. The van der Waals surface area contributed by atoms with Gasteiger partial charge in [-0.1, -0.05) is 41.6 Å². The van der Waals surface area contributed by atoms with E-state index in [0.29, 0.717) is 39.0 Å². The van der Waals surface area contributed by atoms with Crippen LogP contribution in [0.2, 0.25) is 0 Å². The molecule has 2 aromatic carbocycles. The van der Waals surface area contributed by atoms with Crippen LogP contribution in [0, 0.1) is 6.92 Å². The normalized spacial score (nSPS) is 11.1. The number of carbonyl (C=O) groups excluding carboxylic acids is 1. The molecular formula is C24H22N2O3S2. The molecule has 158 valence electrons. The van der Waals surface area contributed by atoms with E-state index in [9.17, 15) is 9.59 Å². The molecule has 0 unspecified atom stereocenters. The Balaban J connectivity index is 1.72. The van der Waals surface area contributed by atoms with Crippen molar-refractivity contribution in [2.24, 2.45) is 0 Å². The lowest BCUT2D eigenvalue weighted by atomic mass is 10.1. The van der Waals surface area contributed by atoms with Crippen molar-refractivity contribution in [1.29, 1.82) is 0 Å². The molecule has 4 aromatic rings. The van der Waals surface area contributed by atoms with Crippen LogP contribution in [0.1, 0.15) is 34.0 Å². The second-order valence-electron chi connectivity index (χ2n) is 7.28. The third-order valence-corrected chi connectivity index (χ3v) is 6.95. The molecule has 0 N–H and O–H groups in total. The summed E-state index contributed by atoms with van der Waals surface area (Å²) in [5, 5.41) is 2.54. The molecule has 0 aliphatic carbocycles. The van der Waals surface area contributed by atoms with Crippen molar-refractivity contribution >= 4 is 39.1 Å². The maximum absolute atomic E-state index is 13.2. The number of Topliss-reactive ketones (excluding diaryl/α,β-unsaturated/α-hetero) is 1. The number of ether oxygens (including phenoxy) is 1. The van der Waals surface area contributed by atoms with Gasteiger partial charge in [0.25, 0.3) is 5.56 Å². The van der Waals surface area contributed by atoms with E-state index >= 15 is 0 Å². The smallest absolute Gasteiger partial charge is 0.272 e. The fourth-order valence-electron chi connectivity index (χ4n) is 3.30. The van der Waals surface area contributed by atoms with Crippen molar-refractivity contribution < 1.29 is 9.53 Å². The van der Waals surface area contributed by atoms with Gasteiger partial charge in [0.15, 0.2) is 10.9 Å². The van der Waals surface area contributed by atoms with E-state index in [2.05, 4.69) is 0 Å². The zero-order chi connectivity index (χ0) is 22.0. The van der Waals surface area contributed by atoms with Crippen LogP contribution < -0.4 is 10.3 Å². The van der Waals surface area contributed by atoms with E-state index < -0.39 is 0 Å². The number of hydrogen-bond donors (Lipinski definition) is 0. The lowest BCUT2D eigenvalue weighted by Crippen LogP contribution is -2.23. The summed E-state index contributed by atoms with van der Waals surface area (Å²) < 4.78 is 7.87. The number of thiophene rings is 1. The van der Waals surface area contributed by atoms with Crippen molar-refractivity contribution in [1.82, 2.24) is 9.55 Å². The number of hydrogen-bond acceptors (Lipinski definition) is 6. The van der Waals surface area contributed by atoms with Gasteiger partial charge in [0.05, 0.1) is 19.2 Å². The second kappa shape index (κ2) is 9.08. The van der Waals surface area contributed by atoms with E-state index in [0.717, 1.165) is 11.1 Å². The van der Waals surface area contributed by atoms with Crippen molar-refractivity contribution in [2.75, 3.05) is 7.11 Å². The zero-order valence-corrected chi connectivity index (χ0v) is 19.2. The highest BCUT2D eigenvalue weighted by Gasteiger charge is 2.15. The van der Waals surface area contributed by atoms with Crippen LogP contribution in [-0.2, 0) is 12.3 Å². The van der Waals surface area contributed by atoms with E-state index in [1.54, 1.807) is 24.7 Å². The zero-order valence-electron chi connectivity index (χ0n) is 17.5. The number of aryl methyl sites for hydroxylation is 1. The van der Waals surface area contributed by atoms with Gasteiger partial charge in [0.2, 0.25) is 0 Å². The summed E-state index contributed by atoms with van der Waals surface area (Å²) in [4.78, 5) is 29.8. The van der Waals surface area contributed by atoms with Crippen LogP contribution in [-0.4, -0.2) is 22.4 Å². The standard InChI is InChI=1S/C24H22N2O3S2/c1-15-4-6-17(7-5-15)13-26-23(28)22-20(10-11-30-22)25-24(26)31-14-19-12-18(16(2)27)8-9-21(19)29-3/h4-12H,13-14H2,1-3H3. The molecule has 0 saturated carbocycles. The lowest BCUT2D eigenvalue weighted by molar-refractivity contribution is 0.101.